The predicted molar refractivity (Wildman–Crippen MR) is 115 cm³/mol. The van der Waals surface area contributed by atoms with Crippen LogP contribution in [0.1, 0.15) is 10.4 Å². The highest BCUT2D eigenvalue weighted by molar-refractivity contribution is 7.99. The molecule has 3 aromatic carbocycles. The highest BCUT2D eigenvalue weighted by Gasteiger charge is 2.22. The predicted octanol–water partition coefficient (Wildman–Crippen LogP) is 4.80. The van der Waals surface area contributed by atoms with E-state index in [1.54, 1.807) is 11.8 Å². The number of halogens is 1. The number of fused-ring (bicyclic) bond motifs is 1. The van der Waals surface area contributed by atoms with Crippen molar-refractivity contribution in [3.63, 3.8) is 0 Å². The first-order valence-corrected chi connectivity index (χ1v) is 9.76. The average molecular weight is 399 g/mol. The molecule has 1 amide bonds. The lowest BCUT2D eigenvalue weighted by Crippen LogP contribution is -2.47. The van der Waals surface area contributed by atoms with Crippen LogP contribution in [0, 0.1) is 0 Å². The number of rotatable bonds is 3. The fraction of sp³-hybridized carbons (Fsp3) is 0.227. The van der Waals surface area contributed by atoms with Crippen LogP contribution < -0.4 is 0 Å². The third-order valence-electron chi connectivity index (χ3n) is 4.86. The first kappa shape index (κ1) is 19.7. The van der Waals surface area contributed by atoms with E-state index in [9.17, 15) is 4.79 Å². The first-order valence-electron chi connectivity index (χ1n) is 8.94. The van der Waals surface area contributed by atoms with Gasteiger partial charge in [-0.05, 0) is 42.1 Å². The topological polar surface area (TPSA) is 23.6 Å². The molecule has 3 nitrogen and oxygen atoms in total. The molecule has 140 valence electrons. The fourth-order valence-corrected chi connectivity index (χ4v) is 4.26. The first-order chi connectivity index (χ1) is 12.7. The second-order valence-electron chi connectivity index (χ2n) is 6.70. The molecule has 0 aliphatic carbocycles. The third kappa shape index (κ3) is 4.46. The molecule has 0 spiro atoms. The summed E-state index contributed by atoms with van der Waals surface area (Å²) in [5.41, 5.74) is 0.801. The molecule has 0 saturated carbocycles. The van der Waals surface area contributed by atoms with Crippen LogP contribution in [0.2, 0.25) is 0 Å². The van der Waals surface area contributed by atoms with Crippen LogP contribution in [0.15, 0.2) is 76.5 Å². The van der Waals surface area contributed by atoms with Crippen LogP contribution >= 0.6 is 24.2 Å². The van der Waals surface area contributed by atoms with Gasteiger partial charge in [-0.15, -0.1) is 12.4 Å². The lowest BCUT2D eigenvalue weighted by Gasteiger charge is -2.32. The Morgan fingerprint density at radius 3 is 2.30 bits per heavy atom. The zero-order valence-electron chi connectivity index (χ0n) is 15.3. The Balaban J connectivity index is 0.00000210. The van der Waals surface area contributed by atoms with Crippen molar-refractivity contribution in [2.24, 2.45) is 0 Å². The van der Waals surface area contributed by atoms with Crippen molar-refractivity contribution in [3.8, 4) is 0 Å². The van der Waals surface area contributed by atoms with Crippen molar-refractivity contribution < 1.29 is 4.79 Å². The highest BCUT2D eigenvalue weighted by Crippen LogP contribution is 2.33. The normalized spacial score (nSPS) is 14.8. The van der Waals surface area contributed by atoms with Gasteiger partial charge in [-0.3, -0.25) is 4.79 Å². The van der Waals surface area contributed by atoms with Crippen molar-refractivity contribution in [1.82, 2.24) is 9.80 Å². The van der Waals surface area contributed by atoms with Gasteiger partial charge in [0.05, 0.1) is 5.56 Å². The summed E-state index contributed by atoms with van der Waals surface area (Å²) in [5.74, 6) is 0.141. The summed E-state index contributed by atoms with van der Waals surface area (Å²) in [6, 6.07) is 22.8. The van der Waals surface area contributed by atoms with Crippen LogP contribution in [-0.4, -0.2) is 48.9 Å². The number of amides is 1. The van der Waals surface area contributed by atoms with Gasteiger partial charge in [0.2, 0.25) is 0 Å². The molecule has 0 N–H and O–H groups in total. The summed E-state index contributed by atoms with van der Waals surface area (Å²) >= 11 is 1.66. The van der Waals surface area contributed by atoms with Crippen molar-refractivity contribution >= 4 is 40.8 Å². The van der Waals surface area contributed by atoms with Crippen molar-refractivity contribution in [2.45, 2.75) is 9.79 Å². The Hall–Kier alpha value is -2.01. The van der Waals surface area contributed by atoms with E-state index in [-0.39, 0.29) is 18.3 Å². The molecule has 1 heterocycles. The van der Waals surface area contributed by atoms with E-state index in [0.29, 0.717) is 0 Å². The smallest absolute Gasteiger partial charge is 0.255 e. The highest BCUT2D eigenvalue weighted by atomic mass is 35.5. The largest absolute Gasteiger partial charge is 0.336 e. The number of piperazine rings is 1. The standard InChI is InChI=1S/C22H22N2OS.ClH/c1-23-12-14-24(15-13-23)22(25)20-8-4-5-9-21(20)26-19-11-10-17-6-2-3-7-18(17)16-19;/h2-11,16H,12-15H2,1H3;1H. The maximum absolute atomic E-state index is 13.0. The molecule has 0 unspecified atom stereocenters. The number of nitrogens with zero attached hydrogens (tertiary/aromatic N) is 2. The van der Waals surface area contributed by atoms with E-state index in [1.165, 1.54) is 10.8 Å². The summed E-state index contributed by atoms with van der Waals surface area (Å²) in [5, 5.41) is 2.46. The van der Waals surface area contributed by atoms with E-state index in [0.717, 1.165) is 41.5 Å². The molecule has 5 heteroatoms. The molecule has 0 atom stereocenters. The van der Waals surface area contributed by atoms with Crippen LogP contribution in [0.5, 0.6) is 0 Å². The number of likely N-dealkylation sites (N-methyl/N-ethyl adjacent to an activating group) is 1. The van der Waals surface area contributed by atoms with Gasteiger partial charge in [0.15, 0.2) is 0 Å². The van der Waals surface area contributed by atoms with Gasteiger partial charge in [0, 0.05) is 36.0 Å². The molecular weight excluding hydrogens is 376 g/mol. The molecule has 3 aromatic rings. The van der Waals surface area contributed by atoms with Gasteiger partial charge in [-0.2, -0.15) is 0 Å². The second-order valence-corrected chi connectivity index (χ2v) is 7.82. The summed E-state index contributed by atoms with van der Waals surface area (Å²) in [6.45, 7) is 3.46. The Morgan fingerprint density at radius 2 is 1.52 bits per heavy atom. The van der Waals surface area contributed by atoms with E-state index in [4.69, 9.17) is 0 Å². The molecule has 1 saturated heterocycles. The lowest BCUT2D eigenvalue weighted by molar-refractivity contribution is 0.0660. The van der Waals surface area contributed by atoms with E-state index >= 15 is 0 Å². The van der Waals surface area contributed by atoms with Crippen LogP contribution in [0.4, 0.5) is 0 Å². The number of hydrogen-bond acceptors (Lipinski definition) is 3. The molecule has 1 aliphatic rings. The van der Waals surface area contributed by atoms with E-state index in [1.807, 2.05) is 29.2 Å². The quantitative estimate of drug-likeness (QED) is 0.633. The van der Waals surface area contributed by atoms with Gasteiger partial charge >= 0.3 is 0 Å². The van der Waals surface area contributed by atoms with Gasteiger partial charge < -0.3 is 9.80 Å². The maximum Gasteiger partial charge on any atom is 0.255 e. The van der Waals surface area contributed by atoms with Gasteiger partial charge in [-0.25, -0.2) is 0 Å². The summed E-state index contributed by atoms with van der Waals surface area (Å²) in [7, 11) is 2.10. The molecule has 0 bridgehead atoms. The zero-order valence-corrected chi connectivity index (χ0v) is 16.9. The average Bonchev–Trinajstić information content (AvgIpc) is 2.68. The maximum atomic E-state index is 13.0. The Kier molecular flexibility index (Phi) is 6.42. The Bertz CT molecular complexity index is 938. The monoisotopic (exact) mass is 398 g/mol. The minimum Gasteiger partial charge on any atom is -0.336 e. The SMILES string of the molecule is CN1CCN(C(=O)c2ccccc2Sc2ccc3ccccc3c2)CC1.Cl. The Morgan fingerprint density at radius 1 is 0.852 bits per heavy atom. The molecular formula is C22H23ClN2OS. The van der Waals surface area contributed by atoms with Gasteiger partial charge in [0.1, 0.15) is 0 Å². The Labute approximate surface area is 170 Å². The third-order valence-corrected chi connectivity index (χ3v) is 5.92. The second kappa shape index (κ2) is 8.79. The summed E-state index contributed by atoms with van der Waals surface area (Å²) < 4.78 is 0. The van der Waals surface area contributed by atoms with E-state index in [2.05, 4.69) is 54.4 Å². The number of benzene rings is 3. The molecule has 0 aromatic heterocycles. The minimum absolute atomic E-state index is 0. The molecule has 27 heavy (non-hydrogen) atoms. The summed E-state index contributed by atoms with van der Waals surface area (Å²) in [4.78, 5) is 19.4. The van der Waals surface area contributed by atoms with Gasteiger partial charge in [-0.1, -0.05) is 54.2 Å². The molecule has 4 rings (SSSR count). The van der Waals surface area contributed by atoms with Crippen molar-refractivity contribution in [1.29, 1.82) is 0 Å². The summed E-state index contributed by atoms with van der Waals surface area (Å²) in [6.07, 6.45) is 0. The number of hydrogen-bond donors (Lipinski definition) is 0. The van der Waals surface area contributed by atoms with Crippen molar-refractivity contribution in [2.75, 3.05) is 33.2 Å². The zero-order chi connectivity index (χ0) is 17.9. The van der Waals surface area contributed by atoms with Crippen LogP contribution in [0.3, 0.4) is 0 Å². The van der Waals surface area contributed by atoms with Crippen molar-refractivity contribution in [3.05, 3.63) is 72.3 Å². The lowest BCUT2D eigenvalue weighted by atomic mass is 10.1. The number of carbonyl (C=O) groups excluding carboxylic acids is 1. The minimum atomic E-state index is 0. The van der Waals surface area contributed by atoms with E-state index < -0.39 is 0 Å². The molecule has 0 radical (unpaired) electrons. The fourth-order valence-electron chi connectivity index (χ4n) is 3.27. The number of carbonyl (C=O) groups is 1. The van der Waals surface area contributed by atoms with Crippen LogP contribution in [0.25, 0.3) is 10.8 Å². The van der Waals surface area contributed by atoms with Crippen LogP contribution in [-0.2, 0) is 0 Å². The molecule has 1 fully saturated rings. The molecule has 1 aliphatic heterocycles. The van der Waals surface area contributed by atoms with Gasteiger partial charge in [0.25, 0.3) is 5.91 Å².